The minimum Gasteiger partial charge on any atom is -0.336 e. The molecule has 1 aromatic carbocycles. The van der Waals surface area contributed by atoms with E-state index in [-0.39, 0.29) is 11.6 Å². The van der Waals surface area contributed by atoms with Crippen LogP contribution >= 0.6 is 11.6 Å². The highest BCUT2D eigenvalue weighted by molar-refractivity contribution is 6.33. The molecule has 1 N–H and O–H groups in total. The van der Waals surface area contributed by atoms with Crippen molar-refractivity contribution >= 4 is 17.9 Å². The van der Waals surface area contributed by atoms with Gasteiger partial charge in [-0.25, -0.2) is 9.37 Å². The molecule has 2 aromatic rings. The first-order valence-corrected chi connectivity index (χ1v) is 4.96. The summed E-state index contributed by atoms with van der Waals surface area (Å²) >= 11 is 5.99. The average Bonchev–Trinajstić information content (AvgIpc) is 2.71. The van der Waals surface area contributed by atoms with Crippen molar-refractivity contribution in [2.75, 3.05) is 0 Å². The number of aryl methyl sites for hydroxylation is 1. The first kappa shape index (κ1) is 10.8. The first-order chi connectivity index (χ1) is 7.61. The fraction of sp³-hybridized carbons (Fsp3) is 0.0909. The van der Waals surface area contributed by atoms with Crippen LogP contribution in [0.5, 0.6) is 0 Å². The number of H-pyrrole nitrogens is 1. The van der Waals surface area contributed by atoms with Crippen LogP contribution < -0.4 is 0 Å². The number of hydrogen-bond acceptors (Lipinski definition) is 2. The van der Waals surface area contributed by atoms with Gasteiger partial charge in [0.25, 0.3) is 0 Å². The van der Waals surface area contributed by atoms with E-state index in [1.807, 2.05) is 0 Å². The van der Waals surface area contributed by atoms with Gasteiger partial charge in [-0.15, -0.1) is 0 Å². The van der Waals surface area contributed by atoms with Gasteiger partial charge in [-0.05, 0) is 24.6 Å². The number of benzene rings is 1. The van der Waals surface area contributed by atoms with Crippen LogP contribution in [0.3, 0.4) is 0 Å². The largest absolute Gasteiger partial charge is 0.336 e. The average molecular weight is 239 g/mol. The van der Waals surface area contributed by atoms with Gasteiger partial charge in [0.2, 0.25) is 0 Å². The number of carbonyl (C=O) groups excluding carboxylic acids is 1. The van der Waals surface area contributed by atoms with Crippen molar-refractivity contribution < 1.29 is 9.18 Å². The minimum absolute atomic E-state index is 0.187. The summed E-state index contributed by atoms with van der Waals surface area (Å²) < 4.78 is 13.4. The van der Waals surface area contributed by atoms with Crippen LogP contribution in [0.1, 0.15) is 16.2 Å². The number of aldehydes is 1. The normalized spacial score (nSPS) is 10.4. The van der Waals surface area contributed by atoms with Crippen molar-refractivity contribution in [3.05, 3.63) is 40.6 Å². The Morgan fingerprint density at radius 3 is 2.88 bits per heavy atom. The molecule has 0 saturated heterocycles. The Balaban J connectivity index is 2.55. The molecular weight excluding hydrogens is 231 g/mol. The summed E-state index contributed by atoms with van der Waals surface area (Å²) in [7, 11) is 0. The molecule has 0 unspecified atom stereocenters. The maximum Gasteiger partial charge on any atom is 0.185 e. The van der Waals surface area contributed by atoms with Gasteiger partial charge < -0.3 is 4.98 Å². The van der Waals surface area contributed by atoms with Gasteiger partial charge in [-0.3, -0.25) is 4.79 Å². The van der Waals surface area contributed by atoms with E-state index in [2.05, 4.69) is 9.97 Å². The lowest BCUT2D eigenvalue weighted by Crippen LogP contribution is -1.87. The Kier molecular flexibility index (Phi) is 2.75. The number of halogens is 2. The van der Waals surface area contributed by atoms with Crippen molar-refractivity contribution in [2.45, 2.75) is 6.92 Å². The van der Waals surface area contributed by atoms with Gasteiger partial charge in [-0.1, -0.05) is 11.6 Å². The maximum atomic E-state index is 13.4. The molecule has 0 amide bonds. The topological polar surface area (TPSA) is 45.8 Å². The van der Waals surface area contributed by atoms with Gasteiger partial charge in [0.05, 0.1) is 16.9 Å². The number of imidazole rings is 1. The van der Waals surface area contributed by atoms with E-state index in [9.17, 15) is 9.18 Å². The van der Waals surface area contributed by atoms with Crippen molar-refractivity contribution in [1.82, 2.24) is 9.97 Å². The Hall–Kier alpha value is -1.68. The molecule has 2 rings (SSSR count). The lowest BCUT2D eigenvalue weighted by Gasteiger charge is -2.03. The van der Waals surface area contributed by atoms with Crippen LogP contribution in [0.15, 0.2) is 18.3 Å². The Morgan fingerprint density at radius 1 is 1.50 bits per heavy atom. The SMILES string of the molecule is Cc1cc(Cl)c(-c2cnc(C=O)[nH]2)cc1F. The predicted octanol–water partition coefficient (Wildman–Crippen LogP) is 2.99. The fourth-order valence-electron chi connectivity index (χ4n) is 1.39. The number of rotatable bonds is 2. The molecule has 0 spiro atoms. The summed E-state index contributed by atoms with van der Waals surface area (Å²) in [6.45, 7) is 1.63. The second-order valence-corrected chi connectivity index (χ2v) is 3.79. The first-order valence-electron chi connectivity index (χ1n) is 4.58. The number of nitrogens with one attached hydrogen (secondary N) is 1. The van der Waals surface area contributed by atoms with Crippen LogP contribution in [0.2, 0.25) is 5.02 Å². The van der Waals surface area contributed by atoms with E-state index in [4.69, 9.17) is 11.6 Å². The molecule has 5 heteroatoms. The molecule has 82 valence electrons. The summed E-state index contributed by atoms with van der Waals surface area (Å²) in [5.74, 6) is -0.159. The van der Waals surface area contributed by atoms with Crippen LogP contribution in [0.25, 0.3) is 11.3 Å². The molecule has 0 aliphatic carbocycles. The lowest BCUT2D eigenvalue weighted by molar-refractivity contribution is 0.111. The quantitative estimate of drug-likeness (QED) is 0.818. The number of aromatic amines is 1. The molecule has 0 saturated carbocycles. The molecule has 0 atom stereocenters. The number of nitrogens with zero attached hydrogens (tertiary/aromatic N) is 1. The maximum absolute atomic E-state index is 13.4. The number of carbonyl (C=O) groups is 1. The predicted molar refractivity (Wildman–Crippen MR) is 59.1 cm³/mol. The van der Waals surface area contributed by atoms with Crippen molar-refractivity contribution in [2.24, 2.45) is 0 Å². The molecule has 3 nitrogen and oxygen atoms in total. The fourth-order valence-corrected chi connectivity index (χ4v) is 1.71. The summed E-state index contributed by atoms with van der Waals surface area (Å²) in [4.78, 5) is 17.0. The Bertz CT molecular complexity index is 551. The van der Waals surface area contributed by atoms with Crippen LogP contribution in [-0.4, -0.2) is 16.3 Å². The van der Waals surface area contributed by atoms with E-state index in [0.29, 0.717) is 28.1 Å². The van der Waals surface area contributed by atoms with Crippen LogP contribution in [0.4, 0.5) is 4.39 Å². The molecule has 0 fully saturated rings. The van der Waals surface area contributed by atoms with Crippen molar-refractivity contribution in [3.8, 4) is 11.3 Å². The van der Waals surface area contributed by atoms with E-state index < -0.39 is 0 Å². The summed E-state index contributed by atoms with van der Waals surface area (Å²) in [6, 6.07) is 2.85. The zero-order chi connectivity index (χ0) is 11.7. The van der Waals surface area contributed by atoms with Gasteiger partial charge in [-0.2, -0.15) is 0 Å². The van der Waals surface area contributed by atoms with E-state index in [1.54, 1.807) is 6.92 Å². The van der Waals surface area contributed by atoms with E-state index >= 15 is 0 Å². The zero-order valence-corrected chi connectivity index (χ0v) is 9.18. The molecule has 16 heavy (non-hydrogen) atoms. The second kappa shape index (κ2) is 4.06. The molecule has 0 aliphatic rings. The molecule has 0 radical (unpaired) electrons. The third kappa shape index (κ3) is 1.84. The smallest absolute Gasteiger partial charge is 0.185 e. The third-order valence-electron chi connectivity index (χ3n) is 2.25. The molecule has 1 aromatic heterocycles. The molecular formula is C11H8ClFN2O. The monoisotopic (exact) mass is 238 g/mol. The standard InChI is InChI=1S/C11H8ClFN2O/c1-6-2-8(12)7(3-9(6)13)10-4-14-11(5-16)15-10/h2-5H,1H3,(H,14,15). The third-order valence-corrected chi connectivity index (χ3v) is 2.56. The van der Waals surface area contributed by atoms with Crippen LogP contribution in [-0.2, 0) is 0 Å². The Labute approximate surface area is 96.3 Å². The second-order valence-electron chi connectivity index (χ2n) is 3.38. The van der Waals surface area contributed by atoms with E-state index in [0.717, 1.165) is 0 Å². The lowest BCUT2D eigenvalue weighted by atomic mass is 10.1. The minimum atomic E-state index is -0.346. The molecule has 0 aliphatic heterocycles. The van der Waals surface area contributed by atoms with Gasteiger partial charge in [0, 0.05) is 5.56 Å². The summed E-state index contributed by atoms with van der Waals surface area (Å²) in [5.41, 5.74) is 1.49. The van der Waals surface area contributed by atoms with E-state index in [1.165, 1.54) is 18.3 Å². The summed E-state index contributed by atoms with van der Waals surface area (Å²) in [6.07, 6.45) is 2.03. The summed E-state index contributed by atoms with van der Waals surface area (Å²) in [5, 5.41) is 0.417. The highest BCUT2D eigenvalue weighted by Crippen LogP contribution is 2.28. The molecule has 0 bridgehead atoms. The van der Waals surface area contributed by atoms with Gasteiger partial charge >= 0.3 is 0 Å². The number of aromatic nitrogens is 2. The highest BCUT2D eigenvalue weighted by Gasteiger charge is 2.10. The van der Waals surface area contributed by atoms with Crippen molar-refractivity contribution in [3.63, 3.8) is 0 Å². The Morgan fingerprint density at radius 2 is 2.25 bits per heavy atom. The highest BCUT2D eigenvalue weighted by atomic mass is 35.5. The number of hydrogen-bond donors (Lipinski definition) is 1. The van der Waals surface area contributed by atoms with Crippen molar-refractivity contribution in [1.29, 1.82) is 0 Å². The van der Waals surface area contributed by atoms with Gasteiger partial charge in [0.1, 0.15) is 5.82 Å². The van der Waals surface area contributed by atoms with Crippen LogP contribution in [0, 0.1) is 12.7 Å². The zero-order valence-electron chi connectivity index (χ0n) is 8.42. The molecule has 1 heterocycles. The van der Waals surface area contributed by atoms with Gasteiger partial charge in [0.15, 0.2) is 12.1 Å².